The first-order valence-electron chi connectivity index (χ1n) is 10.4. The Morgan fingerprint density at radius 2 is 1.79 bits per heavy atom. The van der Waals surface area contributed by atoms with Gasteiger partial charge in [0, 0.05) is 12.6 Å². The van der Waals surface area contributed by atoms with Gasteiger partial charge in [0.25, 0.3) is 5.91 Å². The average molecular weight is 392 g/mol. The zero-order valence-corrected chi connectivity index (χ0v) is 17.0. The third-order valence-corrected chi connectivity index (χ3v) is 5.69. The maximum atomic E-state index is 13.5. The maximum absolute atomic E-state index is 13.5. The van der Waals surface area contributed by atoms with Crippen LogP contribution in [0.15, 0.2) is 54.6 Å². The number of morpholine rings is 1. The van der Waals surface area contributed by atoms with Crippen LogP contribution in [0.2, 0.25) is 0 Å². The van der Waals surface area contributed by atoms with Crippen LogP contribution in [-0.4, -0.2) is 35.5 Å². The maximum Gasteiger partial charge on any atom is 0.254 e. The van der Waals surface area contributed by atoms with E-state index in [9.17, 15) is 9.59 Å². The van der Waals surface area contributed by atoms with Crippen LogP contribution in [-0.2, 0) is 20.9 Å². The van der Waals surface area contributed by atoms with Crippen LogP contribution in [0.1, 0.15) is 55.3 Å². The minimum atomic E-state index is -0.703. The molecule has 0 spiro atoms. The normalized spacial score (nSPS) is 21.7. The Bertz CT molecular complexity index is 859. The summed E-state index contributed by atoms with van der Waals surface area (Å²) in [6.45, 7) is 4.83. The molecular weight excluding hydrogens is 364 g/mol. The Hall–Kier alpha value is -2.66. The molecule has 5 heteroatoms. The standard InChI is InChI=1S/C24H28N2O3/c1-16(2)18-10-8-17(9-11-18)14-26(20-12-13-20)24(28)23-22(25-21(27)15-29-23)19-6-4-3-5-7-19/h3-11,16,20,22-23H,12-15H2,1-2H3,(H,25,27)/t22-,23+/m1/s1. The number of amides is 2. The second-order valence-corrected chi connectivity index (χ2v) is 8.28. The Kier molecular flexibility index (Phi) is 5.67. The van der Waals surface area contributed by atoms with Gasteiger partial charge in [-0.1, -0.05) is 68.4 Å². The highest BCUT2D eigenvalue weighted by molar-refractivity contribution is 5.86. The van der Waals surface area contributed by atoms with Gasteiger partial charge in [-0.15, -0.1) is 0 Å². The largest absolute Gasteiger partial charge is 0.356 e. The number of carbonyl (C=O) groups excluding carboxylic acids is 2. The van der Waals surface area contributed by atoms with Crippen molar-refractivity contribution in [2.24, 2.45) is 0 Å². The second-order valence-electron chi connectivity index (χ2n) is 8.28. The van der Waals surface area contributed by atoms with Crippen molar-refractivity contribution in [2.45, 2.75) is 57.3 Å². The van der Waals surface area contributed by atoms with E-state index in [0.717, 1.165) is 24.0 Å². The van der Waals surface area contributed by atoms with E-state index in [2.05, 4.69) is 43.4 Å². The summed E-state index contributed by atoms with van der Waals surface area (Å²) in [4.78, 5) is 27.4. The van der Waals surface area contributed by atoms with Crippen LogP contribution in [0, 0.1) is 0 Å². The molecule has 2 aliphatic rings. The van der Waals surface area contributed by atoms with Crippen molar-refractivity contribution in [3.05, 3.63) is 71.3 Å². The second kappa shape index (κ2) is 8.37. The lowest BCUT2D eigenvalue weighted by Gasteiger charge is -2.35. The monoisotopic (exact) mass is 392 g/mol. The molecule has 29 heavy (non-hydrogen) atoms. The van der Waals surface area contributed by atoms with Crippen LogP contribution in [0.25, 0.3) is 0 Å². The Balaban J connectivity index is 1.55. The molecule has 2 atom stereocenters. The molecule has 0 bridgehead atoms. The Morgan fingerprint density at radius 3 is 2.41 bits per heavy atom. The van der Waals surface area contributed by atoms with E-state index in [1.165, 1.54) is 5.56 Å². The molecule has 2 amide bonds. The highest BCUT2D eigenvalue weighted by atomic mass is 16.5. The summed E-state index contributed by atoms with van der Waals surface area (Å²) in [5.74, 6) is 0.246. The first-order valence-corrected chi connectivity index (χ1v) is 10.4. The van der Waals surface area contributed by atoms with Crippen molar-refractivity contribution in [1.82, 2.24) is 10.2 Å². The van der Waals surface area contributed by atoms with Gasteiger partial charge in [-0.3, -0.25) is 9.59 Å². The Morgan fingerprint density at radius 1 is 1.10 bits per heavy atom. The van der Waals surface area contributed by atoms with Crippen molar-refractivity contribution in [2.75, 3.05) is 6.61 Å². The van der Waals surface area contributed by atoms with Gasteiger partial charge in [0.1, 0.15) is 6.61 Å². The highest BCUT2D eigenvalue weighted by Gasteiger charge is 2.42. The smallest absolute Gasteiger partial charge is 0.254 e. The molecular formula is C24H28N2O3. The molecule has 1 aliphatic carbocycles. The SMILES string of the molecule is CC(C)c1ccc(CN(C(=O)[C@H]2OCC(=O)N[C@@H]2c2ccccc2)C2CC2)cc1. The topological polar surface area (TPSA) is 58.6 Å². The van der Waals surface area contributed by atoms with E-state index in [-0.39, 0.29) is 24.5 Å². The number of rotatable bonds is 6. The van der Waals surface area contributed by atoms with Crippen molar-refractivity contribution in [3.63, 3.8) is 0 Å². The molecule has 1 N–H and O–H groups in total. The van der Waals surface area contributed by atoms with Crippen molar-refractivity contribution >= 4 is 11.8 Å². The van der Waals surface area contributed by atoms with Crippen molar-refractivity contribution in [3.8, 4) is 0 Å². The molecule has 5 nitrogen and oxygen atoms in total. The van der Waals surface area contributed by atoms with Gasteiger partial charge in [-0.2, -0.15) is 0 Å². The number of nitrogens with zero attached hydrogens (tertiary/aromatic N) is 1. The lowest BCUT2D eigenvalue weighted by Crippen LogP contribution is -2.53. The van der Waals surface area contributed by atoms with Gasteiger partial charge in [-0.25, -0.2) is 0 Å². The van der Waals surface area contributed by atoms with Crippen LogP contribution >= 0.6 is 0 Å². The zero-order chi connectivity index (χ0) is 20.4. The number of hydrogen-bond acceptors (Lipinski definition) is 3. The molecule has 2 aromatic rings. The molecule has 1 saturated heterocycles. The van der Waals surface area contributed by atoms with Crippen LogP contribution < -0.4 is 5.32 Å². The molecule has 152 valence electrons. The Labute approximate surface area is 172 Å². The summed E-state index contributed by atoms with van der Waals surface area (Å²) in [7, 11) is 0. The summed E-state index contributed by atoms with van der Waals surface area (Å²) in [6, 6.07) is 17.9. The number of nitrogens with one attached hydrogen (secondary N) is 1. The quantitative estimate of drug-likeness (QED) is 0.818. The molecule has 0 radical (unpaired) electrons. The summed E-state index contributed by atoms with van der Waals surface area (Å²) in [5, 5.41) is 2.95. The lowest BCUT2D eigenvalue weighted by atomic mass is 9.98. The minimum Gasteiger partial charge on any atom is -0.356 e. The number of carbonyl (C=O) groups is 2. The van der Waals surface area contributed by atoms with E-state index in [1.807, 2.05) is 35.2 Å². The van der Waals surface area contributed by atoms with Crippen LogP contribution in [0.5, 0.6) is 0 Å². The van der Waals surface area contributed by atoms with E-state index in [0.29, 0.717) is 12.5 Å². The molecule has 0 aromatic heterocycles. The lowest BCUT2D eigenvalue weighted by molar-refractivity contribution is -0.156. The van der Waals surface area contributed by atoms with Crippen molar-refractivity contribution < 1.29 is 14.3 Å². The van der Waals surface area contributed by atoms with Gasteiger partial charge in [0.15, 0.2) is 6.10 Å². The number of ether oxygens (including phenoxy) is 1. The van der Waals surface area contributed by atoms with Gasteiger partial charge in [-0.05, 0) is 35.4 Å². The van der Waals surface area contributed by atoms with Crippen LogP contribution in [0.3, 0.4) is 0 Å². The molecule has 2 aromatic carbocycles. The van der Waals surface area contributed by atoms with Gasteiger partial charge < -0.3 is 15.0 Å². The third-order valence-electron chi connectivity index (χ3n) is 5.69. The van der Waals surface area contributed by atoms with E-state index in [4.69, 9.17) is 4.74 Å². The summed E-state index contributed by atoms with van der Waals surface area (Å²) in [6.07, 6.45) is 1.33. The van der Waals surface area contributed by atoms with E-state index in [1.54, 1.807) is 0 Å². The highest BCUT2D eigenvalue weighted by Crippen LogP contribution is 2.32. The fourth-order valence-electron chi connectivity index (χ4n) is 3.83. The summed E-state index contributed by atoms with van der Waals surface area (Å²) < 4.78 is 5.76. The third kappa shape index (κ3) is 4.51. The van der Waals surface area contributed by atoms with Gasteiger partial charge in [0.05, 0.1) is 6.04 Å². The average Bonchev–Trinajstić information content (AvgIpc) is 3.57. The van der Waals surface area contributed by atoms with Crippen LogP contribution in [0.4, 0.5) is 0 Å². The van der Waals surface area contributed by atoms with Crippen molar-refractivity contribution in [1.29, 1.82) is 0 Å². The number of benzene rings is 2. The molecule has 2 fully saturated rings. The zero-order valence-electron chi connectivity index (χ0n) is 17.0. The molecule has 0 unspecified atom stereocenters. The predicted octanol–water partition coefficient (Wildman–Crippen LogP) is 3.56. The molecule has 1 saturated carbocycles. The summed E-state index contributed by atoms with van der Waals surface area (Å²) in [5.41, 5.74) is 3.29. The number of hydrogen-bond donors (Lipinski definition) is 1. The fourth-order valence-corrected chi connectivity index (χ4v) is 3.83. The first-order chi connectivity index (χ1) is 14.0. The fraction of sp³-hybridized carbons (Fsp3) is 0.417. The first kappa shape index (κ1) is 19.6. The van der Waals surface area contributed by atoms with E-state index >= 15 is 0 Å². The summed E-state index contributed by atoms with van der Waals surface area (Å²) >= 11 is 0. The van der Waals surface area contributed by atoms with Gasteiger partial charge in [0.2, 0.25) is 5.91 Å². The molecule has 1 heterocycles. The minimum absolute atomic E-state index is 0.0470. The van der Waals surface area contributed by atoms with E-state index < -0.39 is 12.1 Å². The van der Waals surface area contributed by atoms with Gasteiger partial charge >= 0.3 is 0 Å². The predicted molar refractivity (Wildman–Crippen MR) is 111 cm³/mol. The molecule has 4 rings (SSSR count). The molecule has 1 aliphatic heterocycles.